The van der Waals surface area contributed by atoms with Crippen molar-refractivity contribution in [2.45, 2.75) is 46.6 Å². The van der Waals surface area contributed by atoms with Gasteiger partial charge in [-0.05, 0) is 67.6 Å². The van der Waals surface area contributed by atoms with Crippen LogP contribution in [0.15, 0.2) is 77.1 Å². The molecule has 162 valence electrons. The van der Waals surface area contributed by atoms with E-state index >= 15 is 0 Å². The molecule has 0 amide bonds. The van der Waals surface area contributed by atoms with Crippen LogP contribution in [0.1, 0.15) is 57.7 Å². The van der Waals surface area contributed by atoms with Gasteiger partial charge in [-0.3, -0.25) is 4.90 Å². The number of fused-ring (bicyclic) bond motifs is 2. The molecule has 3 aliphatic carbocycles. The maximum absolute atomic E-state index is 2.61. The van der Waals surface area contributed by atoms with Crippen LogP contribution in [0.5, 0.6) is 0 Å². The predicted octanol–water partition coefficient (Wildman–Crippen LogP) is 6.52. The van der Waals surface area contributed by atoms with Crippen LogP contribution in [0, 0.1) is 5.92 Å². The average Bonchev–Trinajstić information content (AvgIpc) is 3.33. The monoisotopic (exact) mass is 490 g/mol. The number of benzene rings is 1. The Morgan fingerprint density at radius 3 is 2.29 bits per heavy atom. The quantitative estimate of drug-likeness (QED) is 0.388. The molecule has 0 saturated carbocycles. The van der Waals surface area contributed by atoms with Crippen molar-refractivity contribution in [3.05, 3.63) is 88.2 Å². The molecule has 0 bridgehead atoms. The van der Waals surface area contributed by atoms with Gasteiger partial charge in [0.25, 0.3) is 0 Å². The number of hydrogen-bond acceptors (Lipinski definition) is 2. The summed E-state index contributed by atoms with van der Waals surface area (Å²) in [6, 6.07) is 9.40. The zero-order chi connectivity index (χ0) is 21.1. The Kier molecular flexibility index (Phi) is 8.53. The van der Waals surface area contributed by atoms with Gasteiger partial charge < -0.3 is 4.90 Å². The van der Waals surface area contributed by atoms with Crippen molar-refractivity contribution >= 4 is 6.08 Å². The topological polar surface area (TPSA) is 6.48 Å². The van der Waals surface area contributed by atoms with Gasteiger partial charge >= 0.3 is 0 Å². The fourth-order valence-electron chi connectivity index (χ4n) is 5.46. The van der Waals surface area contributed by atoms with E-state index in [9.17, 15) is 0 Å². The molecule has 2 nitrogen and oxygen atoms in total. The molecule has 2 unspecified atom stereocenters. The molecule has 1 aromatic rings. The summed E-state index contributed by atoms with van der Waals surface area (Å²) in [6.07, 6.45) is 16.2. The summed E-state index contributed by atoms with van der Waals surface area (Å²) in [5.41, 5.74) is 8.99. The zero-order valence-electron chi connectivity index (χ0n) is 19.6. The van der Waals surface area contributed by atoms with Gasteiger partial charge in [-0.2, -0.15) is 0 Å². The van der Waals surface area contributed by atoms with Gasteiger partial charge in [0.15, 0.2) is 0 Å². The predicted molar refractivity (Wildman–Crippen MR) is 129 cm³/mol. The number of rotatable bonds is 9. The van der Waals surface area contributed by atoms with E-state index in [0.29, 0.717) is 12.0 Å². The zero-order valence-corrected chi connectivity index (χ0v) is 22.0. The van der Waals surface area contributed by atoms with Crippen molar-refractivity contribution in [3.8, 4) is 0 Å². The summed E-state index contributed by atoms with van der Waals surface area (Å²) in [5.74, 6) is 0.443. The molecular formula is C28H36N2Zr. The number of likely N-dealkylation sites (N-methyl/N-ethyl adjacent to an activating group) is 1. The van der Waals surface area contributed by atoms with Crippen LogP contribution < -0.4 is 0 Å². The van der Waals surface area contributed by atoms with E-state index in [4.69, 9.17) is 0 Å². The second-order valence-electron chi connectivity index (χ2n) is 8.42. The van der Waals surface area contributed by atoms with E-state index in [1.165, 1.54) is 28.0 Å². The molecule has 0 heterocycles. The fourth-order valence-corrected chi connectivity index (χ4v) is 5.46. The molecule has 0 aromatic heterocycles. The first kappa shape index (κ1) is 24.2. The Bertz CT molecular complexity index is 926. The summed E-state index contributed by atoms with van der Waals surface area (Å²) < 4.78 is 0. The molecule has 0 aliphatic heterocycles. The summed E-state index contributed by atoms with van der Waals surface area (Å²) in [4.78, 5) is 5.17. The number of allylic oxidation sites excluding steroid dienone is 6. The molecule has 2 atom stereocenters. The molecule has 0 radical (unpaired) electrons. The van der Waals surface area contributed by atoms with Gasteiger partial charge in [-0.25, -0.2) is 0 Å². The van der Waals surface area contributed by atoms with Crippen LogP contribution in [0.2, 0.25) is 0 Å². The average molecular weight is 492 g/mol. The van der Waals surface area contributed by atoms with Crippen LogP contribution in [0.3, 0.4) is 0 Å². The molecule has 3 heteroatoms. The van der Waals surface area contributed by atoms with E-state index in [-0.39, 0.29) is 26.2 Å². The second-order valence-corrected chi connectivity index (χ2v) is 8.42. The van der Waals surface area contributed by atoms with Gasteiger partial charge in [-0.1, -0.05) is 74.6 Å². The number of nitrogens with zero attached hydrogens (tertiary/aromatic N) is 2. The van der Waals surface area contributed by atoms with E-state index in [1.54, 1.807) is 5.57 Å². The molecular weight excluding hydrogens is 456 g/mol. The van der Waals surface area contributed by atoms with Crippen LogP contribution in [-0.4, -0.2) is 36.0 Å². The van der Waals surface area contributed by atoms with Crippen molar-refractivity contribution < 1.29 is 26.2 Å². The minimum Gasteiger partial charge on any atom is -0.374 e. The van der Waals surface area contributed by atoms with E-state index in [2.05, 4.69) is 98.2 Å². The minimum atomic E-state index is 0. The third-order valence-electron chi connectivity index (χ3n) is 6.97. The van der Waals surface area contributed by atoms with Gasteiger partial charge in [-0.15, -0.1) is 0 Å². The third kappa shape index (κ3) is 4.69. The minimum absolute atomic E-state index is 0. The molecule has 1 aromatic carbocycles. The normalized spacial score (nSPS) is 21.1. The fraction of sp³-hybridized carbons (Fsp3) is 0.429. The Balaban J connectivity index is 0.00000272. The van der Waals surface area contributed by atoms with E-state index in [1.807, 2.05) is 0 Å². The largest absolute Gasteiger partial charge is 0.374 e. The van der Waals surface area contributed by atoms with Crippen molar-refractivity contribution in [3.63, 3.8) is 0 Å². The van der Waals surface area contributed by atoms with Crippen LogP contribution in [0.4, 0.5) is 0 Å². The first-order chi connectivity index (χ1) is 14.7. The Hall–Kier alpha value is -1.44. The summed E-state index contributed by atoms with van der Waals surface area (Å²) in [5, 5.41) is 0. The maximum Gasteiger partial charge on any atom is 0.0570 e. The van der Waals surface area contributed by atoms with Crippen LogP contribution in [0.25, 0.3) is 6.08 Å². The summed E-state index contributed by atoms with van der Waals surface area (Å²) in [6.45, 7) is 13.4. The SMILES string of the molecule is CCN(CC)C1=C(CCC2=Cc3ccccc3C2N(CC)CC)C=C2C=CC=CC21.[Zr]. The van der Waals surface area contributed by atoms with Gasteiger partial charge in [0.1, 0.15) is 0 Å². The van der Waals surface area contributed by atoms with Crippen molar-refractivity contribution in [2.75, 3.05) is 26.2 Å². The van der Waals surface area contributed by atoms with Gasteiger partial charge in [0.2, 0.25) is 0 Å². The van der Waals surface area contributed by atoms with E-state index < -0.39 is 0 Å². The summed E-state index contributed by atoms with van der Waals surface area (Å²) >= 11 is 0. The molecule has 31 heavy (non-hydrogen) atoms. The Morgan fingerprint density at radius 2 is 1.58 bits per heavy atom. The van der Waals surface area contributed by atoms with Crippen LogP contribution in [-0.2, 0) is 26.2 Å². The van der Waals surface area contributed by atoms with Crippen molar-refractivity contribution in [1.82, 2.24) is 9.80 Å². The smallest absolute Gasteiger partial charge is 0.0570 e. The van der Waals surface area contributed by atoms with Gasteiger partial charge in [0, 0.05) is 50.9 Å². The Morgan fingerprint density at radius 1 is 0.839 bits per heavy atom. The molecule has 3 aliphatic rings. The maximum atomic E-state index is 2.61. The van der Waals surface area contributed by atoms with Gasteiger partial charge in [0.05, 0.1) is 6.04 Å². The van der Waals surface area contributed by atoms with Crippen molar-refractivity contribution in [2.24, 2.45) is 5.92 Å². The van der Waals surface area contributed by atoms with Crippen molar-refractivity contribution in [1.29, 1.82) is 0 Å². The molecule has 0 N–H and O–H groups in total. The Labute approximate surface area is 208 Å². The van der Waals surface area contributed by atoms with Crippen LogP contribution >= 0.6 is 0 Å². The molecule has 0 saturated heterocycles. The molecule has 4 rings (SSSR count). The molecule has 0 fully saturated rings. The number of hydrogen-bond donors (Lipinski definition) is 0. The summed E-state index contributed by atoms with van der Waals surface area (Å²) in [7, 11) is 0. The first-order valence-electron chi connectivity index (χ1n) is 11.8. The van der Waals surface area contributed by atoms with E-state index in [0.717, 1.165) is 39.0 Å². The standard InChI is InChI=1S/C28H36N2.Zr/c1-5-29(6-2)27-23(19-21-13-9-11-15-25(21)27)17-18-24-20-22-14-10-12-16-26(22)28(24)30(7-3)8-4;/h9-16,19-20,25,28H,5-8,17-18H2,1-4H3;. The third-order valence-corrected chi connectivity index (χ3v) is 6.97. The first-order valence-corrected chi connectivity index (χ1v) is 11.8. The second kappa shape index (κ2) is 10.9. The molecule has 0 spiro atoms.